The number of carbonyl (C=O) groups excluding carboxylic acids is 1. The highest BCUT2D eigenvalue weighted by atomic mass is 32.2. The molecule has 2 heterocycles. The van der Waals surface area contributed by atoms with Crippen molar-refractivity contribution in [2.24, 2.45) is 4.99 Å². The van der Waals surface area contributed by atoms with E-state index in [0.29, 0.717) is 17.7 Å². The highest BCUT2D eigenvalue weighted by Crippen LogP contribution is 2.23. The summed E-state index contributed by atoms with van der Waals surface area (Å²) in [6.45, 7) is 3.39. The van der Waals surface area contributed by atoms with E-state index in [1.165, 1.54) is 6.08 Å². The molecule has 3 rings (SSSR count). The number of aliphatic imine (C=N–C) groups is 1. The maximum absolute atomic E-state index is 12.0. The Kier molecular flexibility index (Phi) is 5.48. The second-order valence-electron chi connectivity index (χ2n) is 5.28. The van der Waals surface area contributed by atoms with Crippen molar-refractivity contribution in [3.8, 4) is 5.88 Å². The molecule has 1 N–H and O–H groups in total. The Morgan fingerprint density at radius 3 is 3.08 bits per heavy atom. The molecule has 1 aromatic heterocycles. The van der Waals surface area contributed by atoms with E-state index in [9.17, 15) is 4.79 Å². The molecule has 0 unspecified atom stereocenters. The van der Waals surface area contributed by atoms with Crippen LogP contribution in [0, 0.1) is 0 Å². The van der Waals surface area contributed by atoms with Gasteiger partial charge in [0.15, 0.2) is 5.17 Å². The van der Waals surface area contributed by atoms with Crippen LogP contribution in [0.2, 0.25) is 0 Å². The van der Waals surface area contributed by atoms with Crippen LogP contribution in [0.3, 0.4) is 0 Å². The summed E-state index contributed by atoms with van der Waals surface area (Å²) in [5.41, 5.74) is 1.67. The summed E-state index contributed by atoms with van der Waals surface area (Å²) in [6.07, 6.45) is 4.13. The molecule has 6 heteroatoms. The Morgan fingerprint density at radius 2 is 2.29 bits per heavy atom. The lowest BCUT2D eigenvalue weighted by atomic mass is 10.1. The molecule has 124 valence electrons. The average molecular weight is 341 g/mol. The van der Waals surface area contributed by atoms with Gasteiger partial charge >= 0.3 is 0 Å². The van der Waals surface area contributed by atoms with Crippen molar-refractivity contribution in [1.82, 2.24) is 10.3 Å². The summed E-state index contributed by atoms with van der Waals surface area (Å²) < 4.78 is 5.74. The number of para-hydroxylation sites is 1. The maximum Gasteiger partial charge on any atom is 0.249 e. The number of amidine groups is 1. The van der Waals surface area contributed by atoms with Crippen molar-refractivity contribution in [1.29, 1.82) is 0 Å². The topological polar surface area (TPSA) is 63.6 Å². The summed E-state index contributed by atoms with van der Waals surface area (Å²) in [4.78, 5) is 20.8. The van der Waals surface area contributed by atoms with Crippen LogP contribution >= 0.6 is 11.8 Å². The number of fused-ring (bicyclic) bond motifs is 1. The van der Waals surface area contributed by atoms with Crippen molar-refractivity contribution in [2.75, 3.05) is 18.9 Å². The molecule has 0 saturated carbocycles. The highest BCUT2D eigenvalue weighted by Gasteiger charge is 2.10. The molecule has 1 amide bonds. The van der Waals surface area contributed by atoms with Crippen LogP contribution in [0.1, 0.15) is 18.9 Å². The third kappa shape index (κ3) is 4.14. The van der Waals surface area contributed by atoms with E-state index in [2.05, 4.69) is 15.3 Å². The van der Waals surface area contributed by atoms with Crippen LogP contribution in [0.4, 0.5) is 0 Å². The third-order valence-electron chi connectivity index (χ3n) is 3.39. The largest absolute Gasteiger partial charge is 0.477 e. The van der Waals surface area contributed by atoms with Gasteiger partial charge in [-0.1, -0.05) is 36.9 Å². The van der Waals surface area contributed by atoms with Gasteiger partial charge in [0.25, 0.3) is 0 Å². The first-order valence-corrected chi connectivity index (χ1v) is 8.93. The van der Waals surface area contributed by atoms with Gasteiger partial charge in [0.05, 0.1) is 18.7 Å². The number of amides is 1. The molecule has 5 nitrogen and oxygen atoms in total. The molecule has 24 heavy (non-hydrogen) atoms. The highest BCUT2D eigenvalue weighted by molar-refractivity contribution is 8.14. The molecular weight excluding hydrogens is 322 g/mol. The average Bonchev–Trinajstić information content (AvgIpc) is 3.10. The lowest BCUT2D eigenvalue weighted by Crippen LogP contribution is -2.25. The van der Waals surface area contributed by atoms with Gasteiger partial charge in [-0.25, -0.2) is 4.98 Å². The fourth-order valence-electron chi connectivity index (χ4n) is 2.27. The third-order valence-corrected chi connectivity index (χ3v) is 4.28. The zero-order valence-electron chi connectivity index (χ0n) is 13.5. The predicted octanol–water partition coefficient (Wildman–Crippen LogP) is 3.26. The smallest absolute Gasteiger partial charge is 0.249 e. The number of aromatic nitrogens is 1. The number of ether oxygens (including phenoxy) is 1. The van der Waals surface area contributed by atoms with E-state index < -0.39 is 0 Å². The van der Waals surface area contributed by atoms with Gasteiger partial charge in [-0.3, -0.25) is 9.79 Å². The lowest BCUT2D eigenvalue weighted by molar-refractivity contribution is -0.115. The molecule has 0 aliphatic carbocycles. The van der Waals surface area contributed by atoms with E-state index in [1.807, 2.05) is 37.3 Å². The molecule has 2 aromatic rings. The summed E-state index contributed by atoms with van der Waals surface area (Å²) in [7, 11) is 0. The van der Waals surface area contributed by atoms with E-state index in [4.69, 9.17) is 4.74 Å². The summed E-state index contributed by atoms with van der Waals surface area (Å²) in [6, 6.07) is 9.84. The zero-order chi connectivity index (χ0) is 16.8. The van der Waals surface area contributed by atoms with Crippen molar-refractivity contribution in [2.45, 2.75) is 13.3 Å². The van der Waals surface area contributed by atoms with Gasteiger partial charge in [-0.2, -0.15) is 0 Å². The second-order valence-corrected chi connectivity index (χ2v) is 6.37. The van der Waals surface area contributed by atoms with Gasteiger partial charge in [-0.05, 0) is 24.6 Å². The quantitative estimate of drug-likeness (QED) is 0.848. The number of benzene rings is 1. The number of nitrogens with zero attached hydrogens (tertiary/aromatic N) is 2. The lowest BCUT2D eigenvalue weighted by Gasteiger charge is -2.09. The minimum atomic E-state index is -0.197. The number of rotatable bonds is 5. The van der Waals surface area contributed by atoms with Crippen molar-refractivity contribution in [3.05, 3.63) is 42.0 Å². The predicted molar refractivity (Wildman–Crippen MR) is 99.5 cm³/mol. The number of hydrogen-bond acceptors (Lipinski definition) is 5. The molecular formula is C18H19N3O2S. The summed E-state index contributed by atoms with van der Waals surface area (Å²) in [5.74, 6) is 1.27. The van der Waals surface area contributed by atoms with Gasteiger partial charge in [0.1, 0.15) is 0 Å². The van der Waals surface area contributed by atoms with Crippen molar-refractivity contribution >= 4 is 39.8 Å². The molecule has 0 radical (unpaired) electrons. The van der Waals surface area contributed by atoms with Crippen LogP contribution in [0.25, 0.3) is 17.0 Å². The molecule has 1 aliphatic heterocycles. The molecule has 1 aromatic carbocycles. The Balaban J connectivity index is 1.82. The Bertz CT molecular complexity index is 802. The molecule has 0 bridgehead atoms. The number of pyridine rings is 1. The summed E-state index contributed by atoms with van der Waals surface area (Å²) >= 11 is 1.56. The molecule has 0 atom stereocenters. The monoisotopic (exact) mass is 341 g/mol. The fraction of sp³-hybridized carbons (Fsp3) is 0.278. The van der Waals surface area contributed by atoms with Gasteiger partial charge in [0.2, 0.25) is 11.8 Å². The second kappa shape index (κ2) is 7.97. The van der Waals surface area contributed by atoms with Crippen LogP contribution in [0.15, 0.2) is 41.4 Å². The molecule has 0 fully saturated rings. The first kappa shape index (κ1) is 16.5. The fourth-order valence-corrected chi connectivity index (χ4v) is 3.00. The van der Waals surface area contributed by atoms with E-state index >= 15 is 0 Å². The molecule has 1 aliphatic rings. The SMILES string of the molecule is CCCOc1nc2ccccc2cc1/C=C/C(=O)NC1=NCCS1. The van der Waals surface area contributed by atoms with E-state index in [-0.39, 0.29) is 5.91 Å². The zero-order valence-corrected chi connectivity index (χ0v) is 14.3. The van der Waals surface area contributed by atoms with Crippen molar-refractivity contribution < 1.29 is 9.53 Å². The van der Waals surface area contributed by atoms with Gasteiger partial charge in [-0.15, -0.1) is 0 Å². The summed E-state index contributed by atoms with van der Waals surface area (Å²) in [5, 5.41) is 4.47. The minimum Gasteiger partial charge on any atom is -0.477 e. The minimum absolute atomic E-state index is 0.197. The number of hydrogen-bond donors (Lipinski definition) is 1. The van der Waals surface area contributed by atoms with E-state index in [1.54, 1.807) is 17.8 Å². The maximum atomic E-state index is 12.0. The normalized spacial score (nSPS) is 14.1. The van der Waals surface area contributed by atoms with Crippen LogP contribution < -0.4 is 10.1 Å². The first-order valence-electron chi connectivity index (χ1n) is 7.95. The molecule has 0 spiro atoms. The number of carbonyl (C=O) groups is 1. The first-order chi connectivity index (χ1) is 11.8. The van der Waals surface area contributed by atoms with Crippen LogP contribution in [0.5, 0.6) is 5.88 Å². The Labute approximate surface area is 145 Å². The number of thioether (sulfide) groups is 1. The van der Waals surface area contributed by atoms with Crippen LogP contribution in [-0.4, -0.2) is 35.0 Å². The van der Waals surface area contributed by atoms with E-state index in [0.717, 1.165) is 35.2 Å². The van der Waals surface area contributed by atoms with Gasteiger partial charge < -0.3 is 10.1 Å². The molecule has 0 saturated heterocycles. The van der Waals surface area contributed by atoms with Gasteiger partial charge in [0, 0.05) is 22.8 Å². The standard InChI is InChI=1S/C18H19N3O2S/c1-2-10-23-17-14(12-13-5-3-4-6-15(13)20-17)7-8-16(22)21-18-19-9-11-24-18/h3-8,12H,2,9-11H2,1H3,(H,19,21,22)/b8-7+. The van der Waals surface area contributed by atoms with Crippen LogP contribution in [-0.2, 0) is 4.79 Å². The van der Waals surface area contributed by atoms with Crippen molar-refractivity contribution in [3.63, 3.8) is 0 Å². The Hall–Kier alpha value is -2.34. The number of nitrogens with one attached hydrogen (secondary N) is 1. The Morgan fingerprint density at radius 1 is 1.42 bits per heavy atom.